The molecule has 16 heavy (non-hydrogen) atoms. The first-order valence-electron chi connectivity index (χ1n) is 5.43. The SMILES string of the molecule is CCCCNC(=O)O.CCCCOC(N)=O. The van der Waals surface area contributed by atoms with Crippen molar-refractivity contribution in [2.24, 2.45) is 5.73 Å². The van der Waals surface area contributed by atoms with E-state index in [-0.39, 0.29) is 0 Å². The number of nitrogens with two attached hydrogens (primary N) is 1. The highest BCUT2D eigenvalue weighted by molar-refractivity contribution is 5.64. The molecule has 0 saturated heterocycles. The largest absolute Gasteiger partial charge is 0.465 e. The van der Waals surface area contributed by atoms with E-state index in [9.17, 15) is 9.59 Å². The minimum absolute atomic E-state index is 0.450. The summed E-state index contributed by atoms with van der Waals surface area (Å²) in [5, 5.41) is 10.3. The molecule has 0 aromatic rings. The van der Waals surface area contributed by atoms with Crippen molar-refractivity contribution in [1.82, 2.24) is 5.32 Å². The highest BCUT2D eigenvalue weighted by Crippen LogP contribution is 1.86. The van der Waals surface area contributed by atoms with Gasteiger partial charge < -0.3 is 20.9 Å². The van der Waals surface area contributed by atoms with Gasteiger partial charge in [0.25, 0.3) is 0 Å². The molecule has 0 rings (SSSR count). The first kappa shape index (κ1) is 17.0. The molecule has 2 amide bonds. The van der Waals surface area contributed by atoms with Gasteiger partial charge in [-0.2, -0.15) is 0 Å². The van der Waals surface area contributed by atoms with Crippen LogP contribution < -0.4 is 11.1 Å². The highest BCUT2D eigenvalue weighted by Gasteiger charge is 1.89. The summed E-state index contributed by atoms with van der Waals surface area (Å²) in [5.74, 6) is 0. The van der Waals surface area contributed by atoms with Crippen molar-refractivity contribution < 1.29 is 19.4 Å². The average molecular weight is 234 g/mol. The van der Waals surface area contributed by atoms with Gasteiger partial charge in [0.1, 0.15) is 0 Å². The van der Waals surface area contributed by atoms with Gasteiger partial charge in [0.05, 0.1) is 6.61 Å². The Morgan fingerprint density at radius 3 is 2.19 bits per heavy atom. The monoisotopic (exact) mass is 234 g/mol. The fourth-order valence-electron chi connectivity index (χ4n) is 0.689. The van der Waals surface area contributed by atoms with E-state index in [1.165, 1.54) is 0 Å². The maximum Gasteiger partial charge on any atom is 0.404 e. The van der Waals surface area contributed by atoms with E-state index in [0.717, 1.165) is 25.7 Å². The zero-order chi connectivity index (χ0) is 12.8. The Morgan fingerprint density at radius 1 is 1.25 bits per heavy atom. The molecule has 0 aromatic carbocycles. The lowest BCUT2D eigenvalue weighted by Gasteiger charge is -1.95. The molecule has 0 spiro atoms. The number of carbonyl (C=O) groups excluding carboxylic acids is 1. The Labute approximate surface area is 96.2 Å². The van der Waals surface area contributed by atoms with E-state index in [1.807, 2.05) is 13.8 Å². The molecule has 0 unspecified atom stereocenters. The molecule has 96 valence electrons. The fourth-order valence-corrected chi connectivity index (χ4v) is 0.689. The number of carboxylic acid groups (broad SMARTS) is 1. The van der Waals surface area contributed by atoms with Gasteiger partial charge in [-0.1, -0.05) is 26.7 Å². The third kappa shape index (κ3) is 22.9. The summed E-state index contributed by atoms with van der Waals surface area (Å²) in [6, 6.07) is 0. The molecule has 4 N–H and O–H groups in total. The third-order valence-corrected chi connectivity index (χ3v) is 1.55. The summed E-state index contributed by atoms with van der Waals surface area (Å²) < 4.78 is 4.42. The fraction of sp³-hybridized carbons (Fsp3) is 0.800. The van der Waals surface area contributed by atoms with Gasteiger partial charge in [-0.05, 0) is 12.8 Å². The van der Waals surface area contributed by atoms with Gasteiger partial charge in [0.15, 0.2) is 0 Å². The molecular weight excluding hydrogens is 212 g/mol. The van der Waals surface area contributed by atoms with Crippen LogP contribution in [-0.2, 0) is 4.74 Å². The Morgan fingerprint density at radius 2 is 1.81 bits per heavy atom. The van der Waals surface area contributed by atoms with Gasteiger partial charge in [-0.15, -0.1) is 0 Å². The van der Waals surface area contributed by atoms with Crippen molar-refractivity contribution in [3.63, 3.8) is 0 Å². The normalized spacial score (nSPS) is 8.62. The van der Waals surface area contributed by atoms with E-state index >= 15 is 0 Å². The van der Waals surface area contributed by atoms with Gasteiger partial charge in [-0.3, -0.25) is 0 Å². The minimum Gasteiger partial charge on any atom is -0.465 e. The second kappa shape index (κ2) is 13.5. The number of primary amides is 1. The number of unbranched alkanes of at least 4 members (excludes halogenated alkanes) is 2. The predicted octanol–water partition coefficient (Wildman–Crippen LogP) is 1.94. The zero-order valence-electron chi connectivity index (χ0n) is 9.99. The summed E-state index contributed by atoms with van der Waals surface area (Å²) in [6.07, 6.45) is 2.25. The Bertz CT molecular complexity index is 166. The molecule has 0 aliphatic heterocycles. The van der Waals surface area contributed by atoms with E-state index in [4.69, 9.17) is 5.11 Å². The zero-order valence-corrected chi connectivity index (χ0v) is 9.99. The van der Waals surface area contributed by atoms with E-state index < -0.39 is 12.2 Å². The Hall–Kier alpha value is -1.46. The molecule has 0 aromatic heterocycles. The summed E-state index contributed by atoms with van der Waals surface area (Å²) >= 11 is 0. The van der Waals surface area contributed by atoms with Crippen LogP contribution in [0, 0.1) is 0 Å². The van der Waals surface area contributed by atoms with E-state index in [1.54, 1.807) is 0 Å². The number of hydrogen-bond acceptors (Lipinski definition) is 3. The minimum atomic E-state index is -0.932. The lowest BCUT2D eigenvalue weighted by Crippen LogP contribution is -2.21. The maximum atomic E-state index is 9.87. The maximum absolute atomic E-state index is 9.87. The second-order valence-corrected chi connectivity index (χ2v) is 3.11. The molecule has 0 saturated carbocycles. The number of hydrogen-bond donors (Lipinski definition) is 3. The van der Waals surface area contributed by atoms with Crippen LogP contribution in [0.2, 0.25) is 0 Å². The van der Waals surface area contributed by atoms with Crippen LogP contribution in [0.5, 0.6) is 0 Å². The molecule has 0 fully saturated rings. The topological polar surface area (TPSA) is 102 Å². The van der Waals surface area contributed by atoms with E-state index in [2.05, 4.69) is 15.8 Å². The van der Waals surface area contributed by atoms with Crippen molar-refractivity contribution in [3.05, 3.63) is 0 Å². The third-order valence-electron chi connectivity index (χ3n) is 1.55. The van der Waals surface area contributed by atoms with Crippen LogP contribution in [0.25, 0.3) is 0 Å². The second-order valence-electron chi connectivity index (χ2n) is 3.11. The van der Waals surface area contributed by atoms with Crippen LogP contribution in [0.3, 0.4) is 0 Å². The lowest BCUT2D eigenvalue weighted by atomic mass is 10.3. The van der Waals surface area contributed by atoms with Crippen molar-refractivity contribution in [2.45, 2.75) is 39.5 Å². The smallest absolute Gasteiger partial charge is 0.404 e. The van der Waals surface area contributed by atoms with Crippen molar-refractivity contribution in [3.8, 4) is 0 Å². The summed E-state index contributed by atoms with van der Waals surface area (Å²) in [7, 11) is 0. The molecule has 0 aliphatic rings. The van der Waals surface area contributed by atoms with Gasteiger partial charge in [-0.25, -0.2) is 9.59 Å². The number of ether oxygens (including phenoxy) is 1. The van der Waals surface area contributed by atoms with Crippen molar-refractivity contribution in [2.75, 3.05) is 13.2 Å². The number of nitrogens with one attached hydrogen (secondary N) is 1. The molecule has 0 heterocycles. The Kier molecular flexibility index (Phi) is 14.3. The van der Waals surface area contributed by atoms with Crippen LogP contribution in [-0.4, -0.2) is 30.4 Å². The molecule has 0 atom stereocenters. The molecule has 6 heteroatoms. The van der Waals surface area contributed by atoms with Crippen LogP contribution in [0.1, 0.15) is 39.5 Å². The van der Waals surface area contributed by atoms with E-state index in [0.29, 0.717) is 13.2 Å². The summed E-state index contributed by atoms with van der Waals surface area (Å²) in [5.41, 5.74) is 4.67. The molecule has 0 aliphatic carbocycles. The predicted molar refractivity (Wildman–Crippen MR) is 61.4 cm³/mol. The number of rotatable bonds is 6. The Balaban J connectivity index is 0. The van der Waals surface area contributed by atoms with Crippen LogP contribution >= 0.6 is 0 Å². The summed E-state index contributed by atoms with van der Waals surface area (Å²) in [6.45, 7) is 5.06. The quantitative estimate of drug-likeness (QED) is 0.611. The number of amides is 2. The van der Waals surface area contributed by atoms with Crippen molar-refractivity contribution in [1.29, 1.82) is 0 Å². The van der Waals surface area contributed by atoms with Gasteiger partial charge in [0.2, 0.25) is 0 Å². The number of carbonyl (C=O) groups is 2. The van der Waals surface area contributed by atoms with Crippen LogP contribution in [0.4, 0.5) is 9.59 Å². The average Bonchev–Trinajstić information content (AvgIpc) is 2.18. The highest BCUT2D eigenvalue weighted by atomic mass is 16.5. The lowest BCUT2D eigenvalue weighted by molar-refractivity contribution is 0.155. The first-order chi connectivity index (χ1) is 7.54. The first-order valence-corrected chi connectivity index (χ1v) is 5.43. The van der Waals surface area contributed by atoms with Crippen molar-refractivity contribution >= 4 is 12.2 Å². The molecule has 0 bridgehead atoms. The molecular formula is C10H22N2O4. The summed E-state index contributed by atoms with van der Waals surface area (Å²) in [4.78, 5) is 19.6. The van der Waals surface area contributed by atoms with Crippen LogP contribution in [0.15, 0.2) is 0 Å². The van der Waals surface area contributed by atoms with Gasteiger partial charge in [0, 0.05) is 6.54 Å². The standard InChI is InChI=1S/2C5H11NO2/c1-2-3-4-8-5(6)7;1-2-3-4-6-5(7)8/h2-4H2,1H3,(H2,6,7);6H,2-4H2,1H3,(H,7,8). The molecule has 6 nitrogen and oxygen atoms in total. The van der Waals surface area contributed by atoms with Gasteiger partial charge >= 0.3 is 12.2 Å². The molecule has 0 radical (unpaired) electrons.